The molecule has 2 amide bonds. The quantitative estimate of drug-likeness (QED) is 0.732. The Morgan fingerprint density at radius 2 is 2.17 bits per heavy atom. The van der Waals surface area contributed by atoms with E-state index in [9.17, 15) is 9.59 Å². The van der Waals surface area contributed by atoms with E-state index in [0.29, 0.717) is 30.4 Å². The van der Waals surface area contributed by atoms with Crippen LogP contribution in [0.4, 0.5) is 0 Å². The van der Waals surface area contributed by atoms with Crippen molar-refractivity contribution in [3.05, 3.63) is 40.3 Å². The van der Waals surface area contributed by atoms with Gasteiger partial charge in [-0.15, -0.1) is 11.3 Å². The molecule has 2 fully saturated rings. The fourth-order valence-corrected chi connectivity index (χ4v) is 5.48. The minimum absolute atomic E-state index is 0.134. The van der Waals surface area contributed by atoms with E-state index in [1.807, 2.05) is 23.1 Å². The molecule has 4 atom stereocenters. The molecule has 2 heterocycles. The van der Waals surface area contributed by atoms with Gasteiger partial charge >= 0.3 is 0 Å². The van der Waals surface area contributed by atoms with Gasteiger partial charge in [-0.2, -0.15) is 0 Å². The first-order valence-electron chi connectivity index (χ1n) is 10.2. The molecule has 1 aromatic carbocycles. The van der Waals surface area contributed by atoms with Gasteiger partial charge in [-0.3, -0.25) is 9.59 Å². The Morgan fingerprint density at radius 1 is 1.33 bits per heavy atom. The van der Waals surface area contributed by atoms with Crippen molar-refractivity contribution in [1.82, 2.24) is 15.2 Å². The zero-order chi connectivity index (χ0) is 21.3. The Hall–Kier alpha value is -2.61. The Labute approximate surface area is 180 Å². The highest BCUT2D eigenvalue weighted by atomic mass is 32.1. The van der Waals surface area contributed by atoms with E-state index in [1.165, 1.54) is 11.3 Å². The number of carbonyl (C=O) groups excluding carboxylic acids is 2. The molecule has 0 unspecified atom stereocenters. The van der Waals surface area contributed by atoms with Crippen LogP contribution in [0.15, 0.2) is 29.8 Å². The lowest BCUT2D eigenvalue weighted by Crippen LogP contribution is -2.34. The molecule has 1 aromatic heterocycles. The van der Waals surface area contributed by atoms with E-state index < -0.39 is 0 Å². The summed E-state index contributed by atoms with van der Waals surface area (Å²) in [5.41, 5.74) is 0.973. The minimum Gasteiger partial charge on any atom is -0.497 e. The second kappa shape index (κ2) is 8.63. The van der Waals surface area contributed by atoms with Gasteiger partial charge in [0.15, 0.2) is 5.01 Å². The molecule has 8 heteroatoms. The smallest absolute Gasteiger partial charge is 0.280 e. The van der Waals surface area contributed by atoms with Gasteiger partial charge in [0.1, 0.15) is 11.5 Å². The zero-order valence-electron chi connectivity index (χ0n) is 17.5. The molecule has 4 rings (SSSR count). The van der Waals surface area contributed by atoms with Crippen LogP contribution in [0.1, 0.15) is 35.1 Å². The molecule has 1 saturated heterocycles. The van der Waals surface area contributed by atoms with Crippen LogP contribution in [0.2, 0.25) is 0 Å². The number of nitrogens with zero attached hydrogens (tertiary/aromatic N) is 2. The van der Waals surface area contributed by atoms with Gasteiger partial charge in [0, 0.05) is 48.8 Å². The number of aromatic nitrogens is 1. The summed E-state index contributed by atoms with van der Waals surface area (Å²) >= 11 is 1.34. The van der Waals surface area contributed by atoms with Crippen LogP contribution in [0, 0.1) is 17.8 Å². The molecule has 7 nitrogen and oxygen atoms in total. The van der Waals surface area contributed by atoms with E-state index in [-0.39, 0.29) is 29.7 Å². The fraction of sp³-hybridized carbons (Fsp3) is 0.500. The molecular weight excluding hydrogens is 402 g/mol. The Morgan fingerprint density at radius 3 is 2.87 bits per heavy atom. The third-order valence-electron chi connectivity index (χ3n) is 6.48. The van der Waals surface area contributed by atoms with Crippen LogP contribution in [0.3, 0.4) is 0 Å². The van der Waals surface area contributed by atoms with Gasteiger partial charge in [-0.05, 0) is 36.3 Å². The van der Waals surface area contributed by atoms with Gasteiger partial charge in [0.25, 0.3) is 5.91 Å². The normalized spacial score (nSPS) is 25.3. The summed E-state index contributed by atoms with van der Waals surface area (Å²) in [6.07, 6.45) is 3.12. The first-order valence-corrected chi connectivity index (χ1v) is 11.1. The van der Waals surface area contributed by atoms with E-state index in [2.05, 4.69) is 17.2 Å². The second-order valence-corrected chi connectivity index (χ2v) is 8.95. The highest BCUT2D eigenvalue weighted by molar-refractivity contribution is 7.11. The van der Waals surface area contributed by atoms with E-state index in [4.69, 9.17) is 9.47 Å². The predicted octanol–water partition coefficient (Wildman–Crippen LogP) is 2.96. The molecule has 30 heavy (non-hydrogen) atoms. The minimum atomic E-state index is -0.134. The molecule has 1 saturated carbocycles. The number of fused-ring (bicyclic) bond motifs is 1. The van der Waals surface area contributed by atoms with E-state index in [0.717, 1.165) is 23.5 Å². The topological polar surface area (TPSA) is 80.8 Å². The average Bonchev–Trinajstić information content (AvgIpc) is 3.45. The van der Waals surface area contributed by atoms with Gasteiger partial charge in [0.05, 0.1) is 14.2 Å². The molecule has 160 valence electrons. The third-order valence-corrected chi connectivity index (χ3v) is 7.25. The monoisotopic (exact) mass is 429 g/mol. The molecule has 2 aliphatic rings. The van der Waals surface area contributed by atoms with Crippen molar-refractivity contribution in [3.8, 4) is 11.5 Å². The lowest BCUT2D eigenvalue weighted by Gasteiger charge is -2.25. The number of hydrogen-bond donors (Lipinski definition) is 1. The van der Waals surface area contributed by atoms with Crippen molar-refractivity contribution < 1.29 is 19.1 Å². The zero-order valence-corrected chi connectivity index (χ0v) is 18.3. The molecule has 0 radical (unpaired) electrons. The molecule has 1 aliphatic carbocycles. The highest BCUT2D eigenvalue weighted by Gasteiger charge is 2.50. The summed E-state index contributed by atoms with van der Waals surface area (Å²) in [4.78, 5) is 31.2. The standard InChI is InChI=1S/C22H27N3O4S/c1-13-8-18-16(17(13)11-24-21(27)22-23-6-7-30-22)10-20(26)25(18)12-14-4-5-15(28-2)9-19(14)29-3/h4-7,9,13,16-18H,8,10-12H2,1-3H3,(H,24,27)/t13-,16-,17+,18+/m0/s1. The summed E-state index contributed by atoms with van der Waals surface area (Å²) in [5.74, 6) is 2.47. The van der Waals surface area contributed by atoms with Crippen LogP contribution in [-0.2, 0) is 11.3 Å². The van der Waals surface area contributed by atoms with E-state index >= 15 is 0 Å². The lowest BCUT2D eigenvalue weighted by atomic mass is 9.88. The van der Waals surface area contributed by atoms with Crippen LogP contribution in [-0.4, -0.2) is 48.5 Å². The van der Waals surface area contributed by atoms with Crippen molar-refractivity contribution in [1.29, 1.82) is 0 Å². The number of rotatable bonds is 7. The highest BCUT2D eigenvalue weighted by Crippen LogP contribution is 2.46. The fourth-order valence-electron chi connectivity index (χ4n) is 4.93. The first-order chi connectivity index (χ1) is 14.5. The first kappa shape index (κ1) is 20.7. The van der Waals surface area contributed by atoms with E-state index in [1.54, 1.807) is 25.8 Å². The number of benzene rings is 1. The Kier molecular flexibility index (Phi) is 5.94. The summed E-state index contributed by atoms with van der Waals surface area (Å²) in [5, 5.41) is 5.30. The number of thiazole rings is 1. The van der Waals surface area contributed by atoms with Gasteiger partial charge in [-0.1, -0.05) is 6.92 Å². The summed E-state index contributed by atoms with van der Waals surface area (Å²) in [7, 11) is 3.25. The number of hydrogen-bond acceptors (Lipinski definition) is 6. The van der Waals surface area contributed by atoms with Crippen LogP contribution in [0.5, 0.6) is 11.5 Å². The van der Waals surface area contributed by atoms with Gasteiger partial charge in [-0.25, -0.2) is 4.98 Å². The number of methoxy groups -OCH3 is 2. The predicted molar refractivity (Wildman–Crippen MR) is 114 cm³/mol. The summed E-state index contributed by atoms with van der Waals surface area (Å²) in [6, 6.07) is 5.90. The average molecular weight is 430 g/mol. The maximum absolute atomic E-state index is 12.9. The number of nitrogens with one attached hydrogen (secondary N) is 1. The molecule has 1 N–H and O–H groups in total. The lowest BCUT2D eigenvalue weighted by molar-refractivity contribution is -0.129. The largest absolute Gasteiger partial charge is 0.497 e. The van der Waals surface area contributed by atoms with Crippen LogP contribution < -0.4 is 14.8 Å². The molecule has 2 aromatic rings. The maximum Gasteiger partial charge on any atom is 0.280 e. The van der Waals surface area contributed by atoms with Crippen molar-refractivity contribution in [3.63, 3.8) is 0 Å². The Bertz CT molecular complexity index is 917. The number of carbonyl (C=O) groups is 2. The summed E-state index contributed by atoms with van der Waals surface area (Å²) in [6.45, 7) is 3.32. The number of likely N-dealkylation sites (tertiary alicyclic amines) is 1. The summed E-state index contributed by atoms with van der Waals surface area (Å²) < 4.78 is 10.8. The van der Waals surface area contributed by atoms with Crippen LogP contribution in [0.25, 0.3) is 0 Å². The maximum atomic E-state index is 12.9. The number of amides is 2. The molecular formula is C22H27N3O4S. The Balaban J connectivity index is 1.45. The SMILES string of the molecule is COc1ccc(CN2C(=O)C[C@H]3[C@H](CNC(=O)c4nccs4)[C@@H](C)C[C@H]32)c(OC)c1. The van der Waals surface area contributed by atoms with Crippen LogP contribution >= 0.6 is 11.3 Å². The van der Waals surface area contributed by atoms with Crippen molar-refractivity contribution >= 4 is 23.2 Å². The third kappa shape index (κ3) is 3.88. The van der Waals surface area contributed by atoms with Crippen molar-refractivity contribution in [2.45, 2.75) is 32.4 Å². The molecule has 0 spiro atoms. The molecule has 0 bridgehead atoms. The van der Waals surface area contributed by atoms with Gasteiger partial charge in [0.2, 0.25) is 5.91 Å². The number of ether oxygens (including phenoxy) is 2. The van der Waals surface area contributed by atoms with Gasteiger partial charge < -0.3 is 19.7 Å². The molecule has 1 aliphatic heterocycles. The second-order valence-electron chi connectivity index (χ2n) is 8.06. The van der Waals surface area contributed by atoms with Crippen molar-refractivity contribution in [2.75, 3.05) is 20.8 Å². The van der Waals surface area contributed by atoms with Crippen molar-refractivity contribution in [2.24, 2.45) is 17.8 Å².